The highest BCUT2D eigenvalue weighted by molar-refractivity contribution is 6.21. The number of amides is 1. The maximum atomic E-state index is 12.1. The van der Waals surface area contributed by atoms with Crippen LogP contribution in [0.3, 0.4) is 0 Å². The SMILES string of the molecule is CC1(C)C(=O)Nc2ccc(C(Cl)C3(C)CCCCC3)cc21. The largest absolute Gasteiger partial charge is 0.325 e. The van der Waals surface area contributed by atoms with Crippen molar-refractivity contribution in [2.24, 2.45) is 5.41 Å². The Hall–Kier alpha value is -1.02. The Labute approximate surface area is 132 Å². The molecule has 1 unspecified atom stereocenters. The third-order valence-electron chi connectivity index (χ3n) is 5.43. The first-order valence-electron chi connectivity index (χ1n) is 7.94. The quantitative estimate of drug-likeness (QED) is 0.751. The van der Waals surface area contributed by atoms with Crippen LogP contribution in [0.1, 0.15) is 69.4 Å². The number of halogens is 1. The van der Waals surface area contributed by atoms with Crippen molar-refractivity contribution in [3.8, 4) is 0 Å². The fourth-order valence-electron chi connectivity index (χ4n) is 3.76. The molecule has 0 aromatic heterocycles. The van der Waals surface area contributed by atoms with Gasteiger partial charge in [0.05, 0.1) is 10.8 Å². The molecule has 3 heteroatoms. The van der Waals surface area contributed by atoms with Crippen LogP contribution in [-0.2, 0) is 10.2 Å². The zero-order chi connectivity index (χ0) is 15.3. The minimum atomic E-state index is -0.463. The molecule has 1 N–H and O–H groups in total. The maximum absolute atomic E-state index is 12.1. The summed E-state index contributed by atoms with van der Waals surface area (Å²) in [6.07, 6.45) is 6.26. The van der Waals surface area contributed by atoms with Gasteiger partial charge in [0, 0.05) is 5.69 Å². The Morgan fingerprint density at radius 2 is 1.81 bits per heavy atom. The topological polar surface area (TPSA) is 29.1 Å². The van der Waals surface area contributed by atoms with Crippen LogP contribution in [-0.4, -0.2) is 5.91 Å². The summed E-state index contributed by atoms with van der Waals surface area (Å²) in [6.45, 7) is 6.26. The van der Waals surface area contributed by atoms with E-state index in [-0.39, 0.29) is 16.7 Å². The fraction of sp³-hybridized carbons (Fsp3) is 0.611. The van der Waals surface area contributed by atoms with E-state index in [1.165, 1.54) is 32.1 Å². The third kappa shape index (κ3) is 2.38. The number of carbonyl (C=O) groups excluding carboxylic acids is 1. The molecule has 1 aliphatic heterocycles. The van der Waals surface area contributed by atoms with Crippen molar-refractivity contribution < 1.29 is 4.79 Å². The van der Waals surface area contributed by atoms with E-state index in [9.17, 15) is 4.79 Å². The summed E-state index contributed by atoms with van der Waals surface area (Å²) in [5.41, 5.74) is 2.88. The van der Waals surface area contributed by atoms with E-state index in [1.807, 2.05) is 19.9 Å². The normalized spacial score (nSPS) is 24.3. The molecule has 1 aliphatic carbocycles. The van der Waals surface area contributed by atoms with Crippen LogP contribution >= 0.6 is 11.6 Å². The summed E-state index contributed by atoms with van der Waals surface area (Å²) in [4.78, 5) is 12.1. The summed E-state index contributed by atoms with van der Waals surface area (Å²) < 4.78 is 0. The highest BCUT2D eigenvalue weighted by Gasteiger charge is 2.40. The molecule has 1 atom stereocenters. The van der Waals surface area contributed by atoms with Gasteiger partial charge < -0.3 is 5.32 Å². The maximum Gasteiger partial charge on any atom is 0.234 e. The average Bonchev–Trinajstić information content (AvgIpc) is 2.69. The number of anilines is 1. The van der Waals surface area contributed by atoms with Crippen molar-refractivity contribution in [2.45, 2.75) is 63.7 Å². The van der Waals surface area contributed by atoms with Gasteiger partial charge >= 0.3 is 0 Å². The highest BCUT2D eigenvalue weighted by atomic mass is 35.5. The van der Waals surface area contributed by atoms with Crippen LogP contribution in [0.2, 0.25) is 0 Å². The molecule has 3 rings (SSSR count). The number of alkyl halides is 1. The second-order valence-electron chi connectivity index (χ2n) is 7.46. The van der Waals surface area contributed by atoms with Gasteiger partial charge in [-0.1, -0.05) is 38.3 Å². The Morgan fingerprint density at radius 1 is 1.14 bits per heavy atom. The van der Waals surface area contributed by atoms with E-state index in [0.717, 1.165) is 16.8 Å². The minimum absolute atomic E-state index is 0.0228. The van der Waals surface area contributed by atoms with E-state index in [2.05, 4.69) is 24.4 Å². The van der Waals surface area contributed by atoms with Crippen LogP contribution in [0.25, 0.3) is 0 Å². The van der Waals surface area contributed by atoms with Crippen molar-refractivity contribution in [1.82, 2.24) is 0 Å². The first-order valence-corrected chi connectivity index (χ1v) is 8.38. The lowest BCUT2D eigenvalue weighted by Crippen LogP contribution is -2.27. The van der Waals surface area contributed by atoms with Gasteiger partial charge in [0.2, 0.25) is 5.91 Å². The van der Waals surface area contributed by atoms with Crippen molar-refractivity contribution >= 4 is 23.2 Å². The van der Waals surface area contributed by atoms with Gasteiger partial charge in [0.15, 0.2) is 0 Å². The summed E-state index contributed by atoms with van der Waals surface area (Å²) in [6, 6.07) is 6.24. The van der Waals surface area contributed by atoms with Crippen molar-refractivity contribution in [3.05, 3.63) is 29.3 Å². The molecule has 21 heavy (non-hydrogen) atoms. The second-order valence-corrected chi connectivity index (χ2v) is 7.90. The molecule has 1 saturated carbocycles. The van der Waals surface area contributed by atoms with E-state index in [0.29, 0.717) is 0 Å². The Bertz CT molecular complexity index is 573. The van der Waals surface area contributed by atoms with Gasteiger partial charge in [-0.05, 0) is 49.3 Å². The Balaban J connectivity index is 1.94. The van der Waals surface area contributed by atoms with Gasteiger partial charge in [-0.3, -0.25) is 4.79 Å². The summed E-state index contributed by atoms with van der Waals surface area (Å²) in [5, 5.41) is 2.98. The van der Waals surface area contributed by atoms with E-state index in [1.54, 1.807) is 0 Å². The number of fused-ring (bicyclic) bond motifs is 1. The van der Waals surface area contributed by atoms with Crippen LogP contribution in [0.5, 0.6) is 0 Å². The van der Waals surface area contributed by atoms with Crippen LogP contribution < -0.4 is 5.32 Å². The molecule has 0 spiro atoms. The lowest BCUT2D eigenvalue weighted by Gasteiger charge is -2.38. The Kier molecular flexibility index (Phi) is 3.56. The smallest absolute Gasteiger partial charge is 0.234 e. The first-order chi connectivity index (χ1) is 9.84. The highest BCUT2D eigenvalue weighted by Crippen LogP contribution is 2.50. The number of hydrogen-bond donors (Lipinski definition) is 1. The number of benzene rings is 1. The van der Waals surface area contributed by atoms with Gasteiger partial charge in [-0.15, -0.1) is 11.6 Å². The standard InChI is InChI=1S/C18H24ClNO/c1-17(2)13-11-12(7-8-14(13)20-16(17)21)15(19)18(3)9-5-4-6-10-18/h7-8,11,15H,4-6,9-10H2,1-3H3,(H,20,21). The zero-order valence-corrected chi connectivity index (χ0v) is 13.9. The Morgan fingerprint density at radius 3 is 2.48 bits per heavy atom. The monoisotopic (exact) mass is 305 g/mol. The van der Waals surface area contributed by atoms with E-state index >= 15 is 0 Å². The van der Waals surface area contributed by atoms with Crippen molar-refractivity contribution in [3.63, 3.8) is 0 Å². The third-order valence-corrected chi connectivity index (χ3v) is 6.21. The molecule has 1 aromatic rings. The van der Waals surface area contributed by atoms with Gasteiger partial charge in [0.25, 0.3) is 0 Å². The first kappa shape index (κ1) is 14.9. The molecule has 0 radical (unpaired) electrons. The lowest BCUT2D eigenvalue weighted by molar-refractivity contribution is -0.119. The van der Waals surface area contributed by atoms with Crippen molar-refractivity contribution in [1.29, 1.82) is 0 Å². The number of hydrogen-bond acceptors (Lipinski definition) is 1. The van der Waals surface area contributed by atoms with Gasteiger partial charge in [0.1, 0.15) is 0 Å². The average molecular weight is 306 g/mol. The summed E-state index contributed by atoms with van der Waals surface area (Å²) in [7, 11) is 0. The molecular formula is C18H24ClNO. The molecule has 2 nitrogen and oxygen atoms in total. The van der Waals surface area contributed by atoms with Crippen molar-refractivity contribution in [2.75, 3.05) is 5.32 Å². The molecule has 0 bridgehead atoms. The molecule has 2 aliphatic rings. The molecule has 1 aromatic carbocycles. The zero-order valence-electron chi connectivity index (χ0n) is 13.1. The van der Waals surface area contributed by atoms with Crippen LogP contribution in [0, 0.1) is 5.41 Å². The van der Waals surface area contributed by atoms with Gasteiger partial charge in [-0.25, -0.2) is 0 Å². The number of rotatable bonds is 2. The minimum Gasteiger partial charge on any atom is -0.325 e. The van der Waals surface area contributed by atoms with E-state index < -0.39 is 5.41 Å². The molecule has 1 heterocycles. The molecule has 0 saturated heterocycles. The summed E-state index contributed by atoms with van der Waals surface area (Å²) in [5.74, 6) is 0.0738. The van der Waals surface area contributed by atoms with Gasteiger partial charge in [-0.2, -0.15) is 0 Å². The fourth-order valence-corrected chi connectivity index (χ4v) is 4.12. The van der Waals surface area contributed by atoms with Crippen LogP contribution in [0.15, 0.2) is 18.2 Å². The van der Waals surface area contributed by atoms with Crippen LogP contribution in [0.4, 0.5) is 5.69 Å². The predicted molar refractivity (Wildman–Crippen MR) is 87.9 cm³/mol. The molecular weight excluding hydrogens is 282 g/mol. The number of carbonyl (C=O) groups is 1. The molecule has 1 fully saturated rings. The second kappa shape index (κ2) is 5.01. The molecule has 1 amide bonds. The number of nitrogens with one attached hydrogen (secondary N) is 1. The van der Waals surface area contributed by atoms with E-state index in [4.69, 9.17) is 11.6 Å². The summed E-state index contributed by atoms with van der Waals surface area (Å²) >= 11 is 6.85. The predicted octanol–water partition coefficient (Wildman–Crippen LogP) is 5.17. The lowest BCUT2D eigenvalue weighted by atomic mass is 9.71. The molecule has 114 valence electrons.